The van der Waals surface area contributed by atoms with Gasteiger partial charge in [-0.05, 0) is 30.9 Å². The summed E-state index contributed by atoms with van der Waals surface area (Å²) in [7, 11) is 1.74. The van der Waals surface area contributed by atoms with Gasteiger partial charge in [0.25, 0.3) is 0 Å². The van der Waals surface area contributed by atoms with Gasteiger partial charge >= 0.3 is 0 Å². The third-order valence-electron chi connectivity index (χ3n) is 4.05. The van der Waals surface area contributed by atoms with Crippen molar-refractivity contribution in [1.29, 1.82) is 0 Å². The fourth-order valence-electron chi connectivity index (χ4n) is 2.69. The zero-order valence-corrected chi connectivity index (χ0v) is 10.9. The van der Waals surface area contributed by atoms with Crippen molar-refractivity contribution in [2.24, 2.45) is 5.73 Å². The molecule has 17 heavy (non-hydrogen) atoms. The van der Waals surface area contributed by atoms with Crippen LogP contribution in [0.15, 0.2) is 24.3 Å². The monoisotopic (exact) mass is 233 g/mol. The van der Waals surface area contributed by atoms with Crippen molar-refractivity contribution < 1.29 is 4.74 Å². The first kappa shape index (κ1) is 12.6. The van der Waals surface area contributed by atoms with Gasteiger partial charge < -0.3 is 10.5 Å². The normalized spacial score (nSPS) is 21.1. The van der Waals surface area contributed by atoms with Gasteiger partial charge in [-0.1, -0.05) is 43.5 Å². The van der Waals surface area contributed by atoms with Crippen LogP contribution < -0.4 is 5.73 Å². The van der Waals surface area contributed by atoms with E-state index < -0.39 is 0 Å². The van der Waals surface area contributed by atoms with Gasteiger partial charge in [-0.3, -0.25) is 0 Å². The van der Waals surface area contributed by atoms with Crippen LogP contribution in [0.1, 0.15) is 56.3 Å². The molecule has 0 bridgehead atoms. The molecule has 1 aliphatic carbocycles. The lowest BCUT2D eigenvalue weighted by Gasteiger charge is -2.34. The Bertz CT molecular complexity index is 352. The van der Waals surface area contributed by atoms with E-state index in [2.05, 4.69) is 31.2 Å². The molecule has 0 radical (unpaired) electrons. The van der Waals surface area contributed by atoms with Crippen LogP contribution in [-0.2, 0) is 10.3 Å². The van der Waals surface area contributed by atoms with Crippen LogP contribution in [0.5, 0.6) is 0 Å². The SMILES string of the molecule is COC(C)c1ccc(C2(N)CCCCC2)cc1. The molecule has 0 heterocycles. The number of hydrogen-bond donors (Lipinski definition) is 1. The van der Waals surface area contributed by atoms with Crippen molar-refractivity contribution >= 4 is 0 Å². The quantitative estimate of drug-likeness (QED) is 0.867. The summed E-state index contributed by atoms with van der Waals surface area (Å²) in [5.41, 5.74) is 8.92. The molecule has 2 N–H and O–H groups in total. The fraction of sp³-hybridized carbons (Fsp3) is 0.600. The molecule has 1 aromatic carbocycles. The van der Waals surface area contributed by atoms with Crippen LogP contribution in [0.4, 0.5) is 0 Å². The molecule has 1 fully saturated rings. The van der Waals surface area contributed by atoms with Crippen molar-refractivity contribution in [3.8, 4) is 0 Å². The molecule has 2 heteroatoms. The van der Waals surface area contributed by atoms with Gasteiger partial charge in [0.05, 0.1) is 6.10 Å². The molecule has 1 saturated carbocycles. The molecule has 0 saturated heterocycles. The smallest absolute Gasteiger partial charge is 0.0793 e. The molecular formula is C15H23NO. The number of methoxy groups -OCH3 is 1. The third-order valence-corrected chi connectivity index (χ3v) is 4.05. The van der Waals surface area contributed by atoms with Crippen molar-refractivity contribution in [1.82, 2.24) is 0 Å². The van der Waals surface area contributed by atoms with Crippen molar-refractivity contribution in [2.75, 3.05) is 7.11 Å². The van der Waals surface area contributed by atoms with E-state index in [1.165, 1.54) is 30.4 Å². The molecule has 0 aliphatic heterocycles. The highest BCUT2D eigenvalue weighted by Crippen LogP contribution is 2.35. The predicted molar refractivity (Wildman–Crippen MR) is 70.8 cm³/mol. The summed E-state index contributed by atoms with van der Waals surface area (Å²) in [6.45, 7) is 2.06. The second kappa shape index (κ2) is 5.19. The van der Waals surface area contributed by atoms with Crippen LogP contribution in [0.3, 0.4) is 0 Å². The fourth-order valence-corrected chi connectivity index (χ4v) is 2.69. The van der Waals surface area contributed by atoms with E-state index in [-0.39, 0.29) is 11.6 Å². The van der Waals surface area contributed by atoms with E-state index in [0.29, 0.717) is 0 Å². The average molecular weight is 233 g/mol. The lowest BCUT2D eigenvalue weighted by Crippen LogP contribution is -2.38. The Morgan fingerprint density at radius 2 is 1.71 bits per heavy atom. The molecule has 94 valence electrons. The Morgan fingerprint density at radius 1 is 1.12 bits per heavy atom. The van der Waals surface area contributed by atoms with Gasteiger partial charge in [0.15, 0.2) is 0 Å². The highest BCUT2D eigenvalue weighted by atomic mass is 16.5. The molecule has 0 aromatic heterocycles. The summed E-state index contributed by atoms with van der Waals surface area (Å²) >= 11 is 0. The van der Waals surface area contributed by atoms with Crippen molar-refractivity contribution in [3.63, 3.8) is 0 Å². The standard InChI is InChI=1S/C15H23NO/c1-12(17-2)13-6-8-14(9-7-13)15(16)10-4-3-5-11-15/h6-9,12H,3-5,10-11,16H2,1-2H3. The summed E-state index contributed by atoms with van der Waals surface area (Å²) in [5, 5.41) is 0. The minimum absolute atomic E-state index is 0.0902. The minimum atomic E-state index is -0.0902. The topological polar surface area (TPSA) is 35.2 Å². The highest BCUT2D eigenvalue weighted by Gasteiger charge is 2.29. The second-order valence-electron chi connectivity index (χ2n) is 5.22. The van der Waals surface area contributed by atoms with Gasteiger partial charge in [0.1, 0.15) is 0 Å². The van der Waals surface area contributed by atoms with Crippen molar-refractivity contribution in [3.05, 3.63) is 35.4 Å². The van der Waals surface area contributed by atoms with Crippen LogP contribution in [0.25, 0.3) is 0 Å². The van der Waals surface area contributed by atoms with Crippen LogP contribution in [0.2, 0.25) is 0 Å². The molecule has 1 aromatic rings. The number of nitrogens with two attached hydrogens (primary N) is 1. The summed E-state index contributed by atoms with van der Waals surface area (Å²) in [4.78, 5) is 0. The largest absolute Gasteiger partial charge is 0.377 e. The second-order valence-corrected chi connectivity index (χ2v) is 5.22. The van der Waals surface area contributed by atoms with Crippen LogP contribution in [-0.4, -0.2) is 7.11 Å². The highest BCUT2D eigenvalue weighted by molar-refractivity contribution is 5.29. The van der Waals surface area contributed by atoms with E-state index in [1.807, 2.05) is 0 Å². The first-order chi connectivity index (χ1) is 8.15. The maximum Gasteiger partial charge on any atom is 0.0793 e. The lowest BCUT2D eigenvalue weighted by atomic mass is 9.77. The van der Waals surface area contributed by atoms with Crippen LogP contribution in [0, 0.1) is 0 Å². The molecule has 1 atom stereocenters. The molecule has 0 amide bonds. The van der Waals surface area contributed by atoms with E-state index in [9.17, 15) is 0 Å². The Labute approximate surface area is 104 Å². The van der Waals surface area contributed by atoms with Gasteiger partial charge in [-0.15, -0.1) is 0 Å². The Hall–Kier alpha value is -0.860. The van der Waals surface area contributed by atoms with Gasteiger partial charge in [-0.2, -0.15) is 0 Å². The Kier molecular flexibility index (Phi) is 3.85. The summed E-state index contributed by atoms with van der Waals surface area (Å²) in [5.74, 6) is 0. The number of rotatable bonds is 3. The molecule has 2 rings (SSSR count). The Balaban J connectivity index is 2.16. The predicted octanol–water partition coefficient (Wildman–Crippen LogP) is 3.51. The van der Waals surface area contributed by atoms with E-state index in [4.69, 9.17) is 10.5 Å². The molecule has 2 nitrogen and oxygen atoms in total. The zero-order valence-electron chi connectivity index (χ0n) is 10.9. The summed E-state index contributed by atoms with van der Waals surface area (Å²) in [6, 6.07) is 8.64. The lowest BCUT2D eigenvalue weighted by molar-refractivity contribution is 0.119. The molecule has 0 spiro atoms. The maximum absolute atomic E-state index is 6.51. The summed E-state index contributed by atoms with van der Waals surface area (Å²) < 4.78 is 5.32. The average Bonchev–Trinajstić information content (AvgIpc) is 2.39. The molecule has 1 aliphatic rings. The van der Waals surface area contributed by atoms with Crippen molar-refractivity contribution in [2.45, 2.75) is 50.7 Å². The molecular weight excluding hydrogens is 210 g/mol. The van der Waals surface area contributed by atoms with E-state index >= 15 is 0 Å². The first-order valence-electron chi connectivity index (χ1n) is 6.58. The Morgan fingerprint density at radius 3 is 2.24 bits per heavy atom. The summed E-state index contributed by atoms with van der Waals surface area (Å²) in [6.07, 6.45) is 6.24. The maximum atomic E-state index is 6.51. The number of hydrogen-bond acceptors (Lipinski definition) is 2. The molecule has 1 unspecified atom stereocenters. The van der Waals surface area contributed by atoms with E-state index in [1.54, 1.807) is 7.11 Å². The first-order valence-corrected chi connectivity index (χ1v) is 6.58. The third kappa shape index (κ3) is 2.70. The van der Waals surface area contributed by atoms with E-state index in [0.717, 1.165) is 12.8 Å². The van der Waals surface area contributed by atoms with Gasteiger partial charge in [0, 0.05) is 12.6 Å². The van der Waals surface area contributed by atoms with Gasteiger partial charge in [-0.25, -0.2) is 0 Å². The minimum Gasteiger partial charge on any atom is -0.377 e. The van der Waals surface area contributed by atoms with Crippen LogP contribution >= 0.6 is 0 Å². The van der Waals surface area contributed by atoms with Gasteiger partial charge in [0.2, 0.25) is 0 Å². The number of ether oxygens (including phenoxy) is 1. The number of benzene rings is 1. The zero-order chi connectivity index (χ0) is 12.3.